The summed E-state index contributed by atoms with van der Waals surface area (Å²) in [6.45, 7) is 5.59. The molecule has 1 aliphatic rings. The summed E-state index contributed by atoms with van der Waals surface area (Å²) in [6.07, 6.45) is 2.51. The van der Waals surface area contributed by atoms with Gasteiger partial charge < -0.3 is 0 Å². The van der Waals surface area contributed by atoms with Gasteiger partial charge in [-0.25, -0.2) is 0 Å². The first-order valence-electron chi connectivity index (χ1n) is 7.33. The van der Waals surface area contributed by atoms with Gasteiger partial charge in [-0.2, -0.15) is 5.26 Å². The summed E-state index contributed by atoms with van der Waals surface area (Å²) in [5.41, 5.74) is 10.1. The van der Waals surface area contributed by atoms with Crippen LogP contribution in [0.5, 0.6) is 0 Å². The van der Waals surface area contributed by atoms with Crippen molar-refractivity contribution >= 4 is 0 Å². The van der Waals surface area contributed by atoms with Gasteiger partial charge in [0.25, 0.3) is 0 Å². The minimum absolute atomic E-state index is 0.101. The summed E-state index contributed by atoms with van der Waals surface area (Å²) in [5.74, 6) is 0. The number of nitrogens with one attached hydrogen (secondary N) is 1. The Kier molecular flexibility index (Phi) is 4.52. The molecule has 5 heteroatoms. The zero-order valence-corrected chi connectivity index (χ0v) is 12.6. The van der Waals surface area contributed by atoms with E-state index in [1.165, 1.54) is 5.56 Å². The van der Waals surface area contributed by atoms with Crippen LogP contribution in [0.2, 0.25) is 0 Å². The molecular formula is C16H21N5. The third-order valence-electron chi connectivity index (χ3n) is 4.36. The van der Waals surface area contributed by atoms with Crippen LogP contribution in [0.1, 0.15) is 44.2 Å². The van der Waals surface area contributed by atoms with Gasteiger partial charge in [0, 0.05) is 11.5 Å². The van der Waals surface area contributed by atoms with E-state index in [9.17, 15) is 5.26 Å². The molecule has 1 aliphatic carbocycles. The molecule has 0 fully saturated rings. The molecule has 0 spiro atoms. The Morgan fingerprint density at radius 2 is 2.05 bits per heavy atom. The molecule has 0 amide bonds. The molecule has 0 bridgehead atoms. The molecule has 5 nitrogen and oxygen atoms in total. The van der Waals surface area contributed by atoms with E-state index >= 15 is 0 Å². The fourth-order valence-corrected chi connectivity index (χ4v) is 3.05. The molecule has 1 N–H and O–H groups in total. The molecule has 0 radical (unpaired) electrons. The fraction of sp³-hybridized carbons (Fsp3) is 0.562. The van der Waals surface area contributed by atoms with E-state index in [0.717, 1.165) is 24.8 Å². The number of hydrogen-bond donors (Lipinski definition) is 1. The Morgan fingerprint density at radius 3 is 2.71 bits per heavy atom. The summed E-state index contributed by atoms with van der Waals surface area (Å²) in [4.78, 5) is 2.74. The minimum atomic E-state index is -0.623. The van der Waals surface area contributed by atoms with E-state index in [2.05, 4.69) is 47.4 Å². The molecule has 0 aliphatic heterocycles. The number of azide groups is 1. The molecule has 2 rings (SSSR count). The Morgan fingerprint density at radius 1 is 1.33 bits per heavy atom. The van der Waals surface area contributed by atoms with Gasteiger partial charge in [-0.1, -0.05) is 43.2 Å². The van der Waals surface area contributed by atoms with Gasteiger partial charge in [0.15, 0.2) is 0 Å². The highest BCUT2D eigenvalue weighted by atomic mass is 15.1. The molecule has 0 heterocycles. The molecule has 1 aromatic carbocycles. The van der Waals surface area contributed by atoms with Crippen LogP contribution in [0, 0.1) is 11.3 Å². The van der Waals surface area contributed by atoms with Gasteiger partial charge in [0.05, 0.1) is 6.07 Å². The van der Waals surface area contributed by atoms with E-state index in [-0.39, 0.29) is 5.41 Å². The van der Waals surface area contributed by atoms with E-state index in [1.807, 2.05) is 12.1 Å². The lowest BCUT2D eigenvalue weighted by Gasteiger charge is -2.42. The Bertz CT molecular complexity index is 595. The van der Waals surface area contributed by atoms with Crippen LogP contribution in [-0.2, 0) is 11.0 Å². The van der Waals surface area contributed by atoms with E-state index < -0.39 is 5.54 Å². The maximum atomic E-state index is 9.77. The first kappa shape index (κ1) is 15.4. The zero-order valence-electron chi connectivity index (χ0n) is 12.6. The SMILES string of the molecule is CC1(C)CCC(C#N)(NCCCN=[N+]=[N-])c2ccccc21. The van der Waals surface area contributed by atoms with Crippen LogP contribution < -0.4 is 5.32 Å². The second-order valence-corrected chi connectivity index (χ2v) is 6.18. The number of benzene rings is 1. The number of rotatable bonds is 5. The molecule has 1 aromatic rings. The molecular weight excluding hydrogens is 262 g/mol. The van der Waals surface area contributed by atoms with E-state index in [0.29, 0.717) is 13.1 Å². The third kappa shape index (κ3) is 3.02. The van der Waals surface area contributed by atoms with Gasteiger partial charge in [0.1, 0.15) is 5.54 Å². The lowest BCUT2D eigenvalue weighted by atomic mass is 9.66. The lowest BCUT2D eigenvalue weighted by Crippen LogP contribution is -2.47. The first-order chi connectivity index (χ1) is 10.1. The van der Waals surface area contributed by atoms with Crippen molar-refractivity contribution in [1.82, 2.24) is 5.32 Å². The highest BCUT2D eigenvalue weighted by Gasteiger charge is 2.42. The van der Waals surface area contributed by atoms with Crippen LogP contribution >= 0.6 is 0 Å². The highest BCUT2D eigenvalue weighted by Crippen LogP contribution is 2.44. The normalized spacial score (nSPS) is 22.7. The molecule has 21 heavy (non-hydrogen) atoms. The summed E-state index contributed by atoms with van der Waals surface area (Å²) in [7, 11) is 0. The molecule has 0 saturated carbocycles. The lowest BCUT2D eigenvalue weighted by molar-refractivity contribution is 0.300. The summed E-state index contributed by atoms with van der Waals surface area (Å²) >= 11 is 0. The van der Waals surface area contributed by atoms with Crippen LogP contribution in [-0.4, -0.2) is 13.1 Å². The third-order valence-corrected chi connectivity index (χ3v) is 4.36. The molecule has 1 atom stereocenters. The van der Waals surface area contributed by atoms with Crippen molar-refractivity contribution in [2.24, 2.45) is 5.11 Å². The first-order valence-corrected chi connectivity index (χ1v) is 7.33. The van der Waals surface area contributed by atoms with Crippen molar-refractivity contribution in [2.45, 2.75) is 44.1 Å². The maximum absolute atomic E-state index is 9.77. The summed E-state index contributed by atoms with van der Waals surface area (Å²) < 4.78 is 0. The van der Waals surface area contributed by atoms with Crippen LogP contribution in [0.25, 0.3) is 10.4 Å². The number of nitrogens with zero attached hydrogens (tertiary/aromatic N) is 4. The maximum Gasteiger partial charge on any atom is 0.132 e. The van der Waals surface area contributed by atoms with E-state index in [1.54, 1.807) is 0 Å². The average Bonchev–Trinajstić information content (AvgIpc) is 2.50. The van der Waals surface area contributed by atoms with Gasteiger partial charge in [-0.05, 0) is 47.9 Å². The Balaban J connectivity index is 2.24. The quantitative estimate of drug-likeness (QED) is 0.386. The molecule has 1 unspecified atom stereocenters. The minimum Gasteiger partial charge on any atom is -0.296 e. The predicted octanol–water partition coefficient (Wildman–Crippen LogP) is 3.77. The Labute approximate surface area is 125 Å². The standard InChI is InChI=1S/C16H21N5/c1-15(2)8-9-16(12-17,19-10-5-11-20-21-18)14-7-4-3-6-13(14)15/h3-4,6-7,19H,5,8-11H2,1-2H3. The summed E-state index contributed by atoms with van der Waals surface area (Å²) in [6, 6.07) is 10.7. The average molecular weight is 283 g/mol. The van der Waals surface area contributed by atoms with Gasteiger partial charge in [-0.3, -0.25) is 5.32 Å². The fourth-order valence-electron chi connectivity index (χ4n) is 3.05. The largest absolute Gasteiger partial charge is 0.296 e. The highest BCUT2D eigenvalue weighted by molar-refractivity contribution is 5.45. The topological polar surface area (TPSA) is 84.6 Å². The van der Waals surface area contributed by atoms with Crippen molar-refractivity contribution in [3.8, 4) is 6.07 Å². The monoisotopic (exact) mass is 283 g/mol. The van der Waals surface area contributed by atoms with Crippen LogP contribution in [0.15, 0.2) is 29.4 Å². The van der Waals surface area contributed by atoms with Crippen molar-refractivity contribution in [3.63, 3.8) is 0 Å². The smallest absolute Gasteiger partial charge is 0.132 e. The second kappa shape index (κ2) is 6.17. The molecule has 0 saturated heterocycles. The van der Waals surface area contributed by atoms with Crippen LogP contribution in [0.4, 0.5) is 0 Å². The van der Waals surface area contributed by atoms with Gasteiger partial charge >= 0.3 is 0 Å². The van der Waals surface area contributed by atoms with Crippen molar-refractivity contribution in [3.05, 3.63) is 45.8 Å². The number of nitriles is 1. The van der Waals surface area contributed by atoms with Crippen molar-refractivity contribution in [1.29, 1.82) is 5.26 Å². The number of fused-ring (bicyclic) bond motifs is 1. The predicted molar refractivity (Wildman–Crippen MR) is 82.6 cm³/mol. The van der Waals surface area contributed by atoms with E-state index in [4.69, 9.17) is 5.53 Å². The van der Waals surface area contributed by atoms with Crippen LogP contribution in [0.3, 0.4) is 0 Å². The second-order valence-electron chi connectivity index (χ2n) is 6.18. The molecule has 0 aromatic heterocycles. The summed E-state index contributed by atoms with van der Waals surface area (Å²) in [5, 5.41) is 16.7. The number of hydrogen-bond acceptors (Lipinski definition) is 3. The van der Waals surface area contributed by atoms with Gasteiger partial charge in [-0.15, -0.1) is 0 Å². The molecule has 110 valence electrons. The zero-order chi connectivity index (χ0) is 15.3. The van der Waals surface area contributed by atoms with Crippen molar-refractivity contribution in [2.75, 3.05) is 13.1 Å². The Hall–Kier alpha value is -2.02. The van der Waals surface area contributed by atoms with Gasteiger partial charge in [0.2, 0.25) is 0 Å². The van der Waals surface area contributed by atoms with Crippen molar-refractivity contribution < 1.29 is 0 Å².